The standard InChI is InChI=1S/C19H28N4O2S/c1-15-10-21-16(11-20-15)12-23-14-19(7-4-17(23)24)6-3-8-22(13-19)18(25)5-9-26-2/h10-11H,3-9,12-14H2,1-2H3/t19-/m0/s1. The molecule has 0 radical (unpaired) electrons. The summed E-state index contributed by atoms with van der Waals surface area (Å²) in [7, 11) is 0. The van der Waals surface area contributed by atoms with E-state index in [0.29, 0.717) is 25.9 Å². The van der Waals surface area contributed by atoms with Crippen LogP contribution in [-0.4, -0.2) is 63.2 Å². The number of hydrogen-bond acceptors (Lipinski definition) is 5. The zero-order chi connectivity index (χ0) is 18.6. The molecule has 7 heteroatoms. The van der Waals surface area contributed by atoms with E-state index in [2.05, 4.69) is 9.97 Å². The fourth-order valence-corrected chi connectivity index (χ4v) is 4.42. The minimum Gasteiger partial charge on any atom is -0.342 e. The average molecular weight is 377 g/mol. The fraction of sp³-hybridized carbons (Fsp3) is 0.684. The number of rotatable bonds is 5. The van der Waals surface area contributed by atoms with Crippen molar-refractivity contribution in [1.29, 1.82) is 0 Å². The second kappa shape index (κ2) is 8.37. The Balaban J connectivity index is 1.66. The Labute approximate surface area is 159 Å². The maximum Gasteiger partial charge on any atom is 0.223 e. The van der Waals surface area contributed by atoms with Gasteiger partial charge in [-0.3, -0.25) is 19.6 Å². The summed E-state index contributed by atoms with van der Waals surface area (Å²) in [6.07, 6.45) is 9.69. The topological polar surface area (TPSA) is 66.4 Å². The van der Waals surface area contributed by atoms with Crippen molar-refractivity contribution in [3.63, 3.8) is 0 Å². The predicted molar refractivity (Wildman–Crippen MR) is 103 cm³/mol. The van der Waals surface area contributed by atoms with Crippen LogP contribution in [0.3, 0.4) is 0 Å². The van der Waals surface area contributed by atoms with E-state index in [1.54, 1.807) is 24.2 Å². The zero-order valence-electron chi connectivity index (χ0n) is 15.7. The lowest BCUT2D eigenvalue weighted by atomic mass is 9.73. The number of thioether (sulfide) groups is 1. The molecular weight excluding hydrogens is 348 g/mol. The third kappa shape index (κ3) is 4.55. The van der Waals surface area contributed by atoms with Gasteiger partial charge in [-0.2, -0.15) is 11.8 Å². The number of likely N-dealkylation sites (tertiary alicyclic amines) is 2. The molecular formula is C19H28N4O2S. The van der Waals surface area contributed by atoms with Gasteiger partial charge in [-0.25, -0.2) is 0 Å². The number of piperidine rings is 2. The van der Waals surface area contributed by atoms with Crippen LogP contribution >= 0.6 is 11.8 Å². The first-order valence-corrected chi connectivity index (χ1v) is 10.7. The van der Waals surface area contributed by atoms with Gasteiger partial charge >= 0.3 is 0 Å². The van der Waals surface area contributed by atoms with Gasteiger partial charge in [0.1, 0.15) is 0 Å². The molecule has 0 saturated carbocycles. The van der Waals surface area contributed by atoms with Crippen LogP contribution in [0.4, 0.5) is 0 Å². The van der Waals surface area contributed by atoms with Crippen LogP contribution in [0, 0.1) is 12.3 Å². The summed E-state index contributed by atoms with van der Waals surface area (Å²) >= 11 is 1.71. The third-order valence-corrected chi connectivity index (χ3v) is 6.08. The van der Waals surface area contributed by atoms with E-state index in [9.17, 15) is 9.59 Å². The SMILES string of the molecule is CSCCC(=O)N1CCC[C@]2(CCC(=O)N(Cc3cnc(C)cn3)C2)C1. The molecule has 2 aliphatic heterocycles. The number of carbonyl (C=O) groups is 2. The van der Waals surface area contributed by atoms with E-state index < -0.39 is 0 Å². The van der Waals surface area contributed by atoms with Crippen LogP contribution in [0.2, 0.25) is 0 Å². The lowest BCUT2D eigenvalue weighted by Crippen LogP contribution is -2.54. The summed E-state index contributed by atoms with van der Waals surface area (Å²) in [6.45, 7) is 4.76. The van der Waals surface area contributed by atoms with Crippen molar-refractivity contribution in [2.24, 2.45) is 5.41 Å². The first-order valence-electron chi connectivity index (χ1n) is 9.33. The minimum atomic E-state index is 0.0410. The Morgan fingerprint density at radius 1 is 1.27 bits per heavy atom. The van der Waals surface area contributed by atoms with Crippen molar-refractivity contribution >= 4 is 23.6 Å². The molecule has 2 saturated heterocycles. The summed E-state index contributed by atoms with van der Waals surface area (Å²) < 4.78 is 0. The maximum atomic E-state index is 12.5. The molecule has 0 unspecified atom stereocenters. The van der Waals surface area contributed by atoms with Crippen LogP contribution in [0.25, 0.3) is 0 Å². The second-order valence-corrected chi connectivity index (χ2v) is 8.55. The molecule has 0 aromatic carbocycles. The highest BCUT2D eigenvalue weighted by Crippen LogP contribution is 2.39. The minimum absolute atomic E-state index is 0.0410. The van der Waals surface area contributed by atoms with E-state index in [-0.39, 0.29) is 17.2 Å². The molecule has 142 valence electrons. The van der Waals surface area contributed by atoms with Crippen LogP contribution in [0.15, 0.2) is 12.4 Å². The van der Waals surface area contributed by atoms with Gasteiger partial charge in [0, 0.05) is 49.8 Å². The summed E-state index contributed by atoms with van der Waals surface area (Å²) in [5, 5.41) is 0. The largest absolute Gasteiger partial charge is 0.342 e. The predicted octanol–water partition coefficient (Wildman–Crippen LogP) is 2.27. The van der Waals surface area contributed by atoms with Gasteiger partial charge in [0.25, 0.3) is 0 Å². The Bertz CT molecular complexity index is 651. The molecule has 26 heavy (non-hydrogen) atoms. The van der Waals surface area contributed by atoms with E-state index >= 15 is 0 Å². The lowest BCUT2D eigenvalue weighted by Gasteiger charge is -2.48. The maximum absolute atomic E-state index is 12.5. The second-order valence-electron chi connectivity index (χ2n) is 7.56. The van der Waals surface area contributed by atoms with Crippen molar-refractivity contribution in [2.75, 3.05) is 31.6 Å². The summed E-state index contributed by atoms with van der Waals surface area (Å²) in [5.74, 6) is 1.31. The Hall–Kier alpha value is -1.63. The van der Waals surface area contributed by atoms with Gasteiger partial charge in [0.2, 0.25) is 11.8 Å². The Kier molecular flexibility index (Phi) is 6.16. The van der Waals surface area contributed by atoms with Crippen molar-refractivity contribution in [2.45, 2.75) is 45.6 Å². The highest BCUT2D eigenvalue weighted by atomic mass is 32.2. The third-order valence-electron chi connectivity index (χ3n) is 5.47. The smallest absolute Gasteiger partial charge is 0.223 e. The van der Waals surface area contributed by atoms with E-state index in [4.69, 9.17) is 0 Å². The Morgan fingerprint density at radius 2 is 2.12 bits per heavy atom. The highest BCUT2D eigenvalue weighted by Gasteiger charge is 2.42. The molecule has 3 heterocycles. The van der Waals surface area contributed by atoms with E-state index in [1.807, 2.05) is 23.0 Å². The molecule has 0 aliphatic carbocycles. The van der Waals surface area contributed by atoms with Gasteiger partial charge in [0.05, 0.1) is 24.1 Å². The molecule has 6 nitrogen and oxygen atoms in total. The van der Waals surface area contributed by atoms with E-state index in [1.165, 1.54) is 0 Å². The van der Waals surface area contributed by atoms with Crippen molar-refractivity contribution < 1.29 is 9.59 Å². The Morgan fingerprint density at radius 3 is 2.85 bits per heavy atom. The molecule has 3 rings (SSSR count). The summed E-state index contributed by atoms with van der Waals surface area (Å²) in [5.41, 5.74) is 1.74. The molecule has 0 N–H and O–H groups in total. The first kappa shape index (κ1) is 19.1. The number of carbonyl (C=O) groups excluding carboxylic acids is 2. The lowest BCUT2D eigenvalue weighted by molar-refractivity contribution is -0.143. The first-order chi connectivity index (χ1) is 12.5. The van der Waals surface area contributed by atoms with Crippen molar-refractivity contribution in [3.8, 4) is 0 Å². The fourth-order valence-electron chi connectivity index (χ4n) is 4.04. The molecule has 2 fully saturated rings. The average Bonchev–Trinajstić information content (AvgIpc) is 2.65. The van der Waals surface area contributed by atoms with Gasteiger partial charge in [-0.15, -0.1) is 0 Å². The number of amides is 2. The molecule has 0 bridgehead atoms. The molecule has 1 aromatic heterocycles. The summed E-state index contributed by atoms with van der Waals surface area (Å²) in [4.78, 5) is 37.5. The molecule has 1 aromatic rings. The van der Waals surface area contributed by atoms with Gasteiger partial charge in [-0.1, -0.05) is 0 Å². The summed E-state index contributed by atoms with van der Waals surface area (Å²) in [6, 6.07) is 0. The van der Waals surface area contributed by atoms with Crippen molar-refractivity contribution in [3.05, 3.63) is 23.8 Å². The quantitative estimate of drug-likeness (QED) is 0.789. The number of nitrogens with zero attached hydrogens (tertiary/aromatic N) is 4. The highest BCUT2D eigenvalue weighted by molar-refractivity contribution is 7.98. The molecule has 1 spiro atoms. The van der Waals surface area contributed by atoms with E-state index in [0.717, 1.165) is 49.5 Å². The number of aromatic nitrogens is 2. The van der Waals surface area contributed by atoms with Crippen LogP contribution in [0.1, 0.15) is 43.5 Å². The molecule has 1 atom stereocenters. The van der Waals surface area contributed by atoms with Crippen molar-refractivity contribution in [1.82, 2.24) is 19.8 Å². The molecule has 2 amide bonds. The van der Waals surface area contributed by atoms with Gasteiger partial charge in [-0.05, 0) is 32.4 Å². The van der Waals surface area contributed by atoms with Crippen LogP contribution in [0.5, 0.6) is 0 Å². The zero-order valence-corrected chi connectivity index (χ0v) is 16.6. The van der Waals surface area contributed by atoms with Crippen LogP contribution < -0.4 is 0 Å². The normalized spacial score (nSPS) is 23.5. The number of hydrogen-bond donors (Lipinski definition) is 0. The van der Waals surface area contributed by atoms with Gasteiger partial charge in [0.15, 0.2) is 0 Å². The molecule has 2 aliphatic rings. The number of aryl methyl sites for hydroxylation is 1. The van der Waals surface area contributed by atoms with Crippen LogP contribution in [-0.2, 0) is 16.1 Å². The monoisotopic (exact) mass is 376 g/mol. The van der Waals surface area contributed by atoms with Gasteiger partial charge < -0.3 is 9.80 Å².